The molecule has 0 atom stereocenters. The monoisotopic (exact) mass is 250 g/mol. The van der Waals surface area contributed by atoms with E-state index in [9.17, 15) is 13.6 Å². The maximum Gasteiger partial charge on any atom is 0.287 e. The van der Waals surface area contributed by atoms with Crippen LogP contribution in [0.4, 0.5) is 8.78 Å². The Morgan fingerprint density at radius 3 is 2.81 bits per heavy atom. The van der Waals surface area contributed by atoms with Gasteiger partial charge in [-0.25, -0.2) is 13.8 Å². The van der Waals surface area contributed by atoms with Gasteiger partial charge in [-0.2, -0.15) is 0 Å². The Kier molecular flexibility index (Phi) is 4.14. The summed E-state index contributed by atoms with van der Waals surface area (Å²) < 4.78 is 25.2. The zero-order valence-corrected chi connectivity index (χ0v) is 8.84. The lowest BCUT2D eigenvalue weighted by Gasteiger charge is -2.13. The number of carbonyl (C=O) groups excluding carboxylic acids is 1. The minimum atomic E-state index is -3.34. The molecule has 0 aliphatic heterocycles. The molecule has 2 N–H and O–H groups in total. The first-order chi connectivity index (χ1) is 7.44. The summed E-state index contributed by atoms with van der Waals surface area (Å²) in [6.07, 6.45) is 0. The van der Waals surface area contributed by atoms with Crippen molar-refractivity contribution in [2.75, 3.05) is 13.2 Å². The third kappa shape index (κ3) is 3.71. The summed E-state index contributed by atoms with van der Waals surface area (Å²) in [5.41, 5.74) is -0.0544. The number of pyridine rings is 1. The van der Waals surface area contributed by atoms with E-state index in [-0.39, 0.29) is 10.8 Å². The molecule has 0 unspecified atom stereocenters. The molecule has 0 bridgehead atoms. The number of halogens is 3. The molecular weight excluding hydrogens is 242 g/mol. The molecule has 0 saturated carbocycles. The molecule has 1 aromatic rings. The standard InChI is InChI=1S/C9H9ClF2N2O2/c10-7-3-1-2-6(14-7)8(16)13-4-9(11,12)5-15/h1-3,15H,4-5H2,(H,13,16). The van der Waals surface area contributed by atoms with Crippen molar-refractivity contribution in [1.29, 1.82) is 0 Å². The van der Waals surface area contributed by atoms with Gasteiger partial charge in [0.25, 0.3) is 11.8 Å². The molecule has 0 aliphatic rings. The molecule has 1 heterocycles. The molecule has 4 nitrogen and oxygen atoms in total. The van der Waals surface area contributed by atoms with Gasteiger partial charge in [0, 0.05) is 0 Å². The summed E-state index contributed by atoms with van der Waals surface area (Å²) in [6.45, 7) is -2.27. The van der Waals surface area contributed by atoms with Gasteiger partial charge in [-0.1, -0.05) is 17.7 Å². The highest BCUT2D eigenvalue weighted by atomic mass is 35.5. The van der Waals surface area contributed by atoms with Crippen LogP contribution in [-0.2, 0) is 0 Å². The van der Waals surface area contributed by atoms with Gasteiger partial charge in [0.2, 0.25) is 0 Å². The number of aliphatic hydroxyl groups is 1. The SMILES string of the molecule is O=C(NCC(F)(F)CO)c1cccc(Cl)n1. The van der Waals surface area contributed by atoms with Crippen molar-refractivity contribution >= 4 is 17.5 Å². The zero-order chi connectivity index (χ0) is 12.2. The highest BCUT2D eigenvalue weighted by molar-refractivity contribution is 6.29. The first kappa shape index (κ1) is 12.8. The van der Waals surface area contributed by atoms with E-state index in [0.29, 0.717) is 0 Å². The fourth-order valence-corrected chi connectivity index (χ4v) is 1.05. The third-order valence-electron chi connectivity index (χ3n) is 1.69. The Hall–Kier alpha value is -1.27. The number of carbonyl (C=O) groups is 1. The van der Waals surface area contributed by atoms with Gasteiger partial charge in [-0.05, 0) is 12.1 Å². The van der Waals surface area contributed by atoms with E-state index in [1.165, 1.54) is 18.2 Å². The molecular formula is C9H9ClF2N2O2. The number of hydrogen-bond donors (Lipinski definition) is 2. The molecule has 1 rings (SSSR count). The first-order valence-corrected chi connectivity index (χ1v) is 4.72. The van der Waals surface area contributed by atoms with E-state index in [0.717, 1.165) is 0 Å². The molecule has 0 saturated heterocycles. The van der Waals surface area contributed by atoms with Crippen molar-refractivity contribution in [2.24, 2.45) is 0 Å². The molecule has 0 radical (unpaired) electrons. The minimum Gasteiger partial charge on any atom is -0.390 e. The predicted molar refractivity (Wildman–Crippen MR) is 53.6 cm³/mol. The van der Waals surface area contributed by atoms with Gasteiger partial charge < -0.3 is 10.4 Å². The number of nitrogens with zero attached hydrogens (tertiary/aromatic N) is 1. The molecule has 0 spiro atoms. The Labute approximate surface area is 95.3 Å². The van der Waals surface area contributed by atoms with Crippen LogP contribution in [0, 0.1) is 0 Å². The molecule has 16 heavy (non-hydrogen) atoms. The van der Waals surface area contributed by atoms with Crippen molar-refractivity contribution in [1.82, 2.24) is 10.3 Å². The highest BCUT2D eigenvalue weighted by Gasteiger charge is 2.28. The second-order valence-corrected chi connectivity index (χ2v) is 3.43. The molecule has 0 fully saturated rings. The fourth-order valence-electron chi connectivity index (χ4n) is 0.891. The molecule has 1 aromatic heterocycles. The summed E-state index contributed by atoms with van der Waals surface area (Å²) in [4.78, 5) is 15.0. The van der Waals surface area contributed by atoms with E-state index >= 15 is 0 Å². The summed E-state index contributed by atoms with van der Waals surface area (Å²) in [5.74, 6) is -4.11. The van der Waals surface area contributed by atoms with Gasteiger partial charge in [0.15, 0.2) is 0 Å². The smallest absolute Gasteiger partial charge is 0.287 e. The summed E-state index contributed by atoms with van der Waals surface area (Å²) >= 11 is 5.53. The lowest BCUT2D eigenvalue weighted by Crippen LogP contribution is -2.39. The highest BCUT2D eigenvalue weighted by Crippen LogP contribution is 2.10. The number of aromatic nitrogens is 1. The Bertz CT molecular complexity index is 388. The Morgan fingerprint density at radius 1 is 1.56 bits per heavy atom. The number of aliphatic hydroxyl groups excluding tert-OH is 1. The van der Waals surface area contributed by atoms with Crippen molar-refractivity contribution in [3.8, 4) is 0 Å². The number of rotatable bonds is 4. The van der Waals surface area contributed by atoms with Gasteiger partial charge in [-0.15, -0.1) is 0 Å². The second-order valence-electron chi connectivity index (χ2n) is 3.04. The lowest BCUT2D eigenvalue weighted by atomic mass is 10.3. The van der Waals surface area contributed by atoms with Crippen molar-refractivity contribution in [3.63, 3.8) is 0 Å². The van der Waals surface area contributed by atoms with E-state index < -0.39 is 25.0 Å². The topological polar surface area (TPSA) is 62.2 Å². The van der Waals surface area contributed by atoms with Crippen LogP contribution >= 0.6 is 11.6 Å². The Morgan fingerprint density at radius 2 is 2.25 bits per heavy atom. The largest absolute Gasteiger partial charge is 0.390 e. The van der Waals surface area contributed by atoms with E-state index in [2.05, 4.69) is 4.98 Å². The van der Waals surface area contributed by atoms with Crippen molar-refractivity contribution in [2.45, 2.75) is 5.92 Å². The van der Waals surface area contributed by atoms with Gasteiger partial charge >= 0.3 is 0 Å². The van der Waals surface area contributed by atoms with Crippen LogP contribution in [0.15, 0.2) is 18.2 Å². The molecule has 88 valence electrons. The molecule has 7 heteroatoms. The average molecular weight is 251 g/mol. The number of amides is 1. The lowest BCUT2D eigenvalue weighted by molar-refractivity contribution is -0.0462. The van der Waals surface area contributed by atoms with Crippen LogP contribution in [-0.4, -0.2) is 35.1 Å². The Balaban J connectivity index is 2.60. The number of alkyl halides is 2. The predicted octanol–water partition coefficient (Wildman–Crippen LogP) is 1.09. The second kappa shape index (κ2) is 5.18. The van der Waals surface area contributed by atoms with Gasteiger partial charge in [0.1, 0.15) is 17.5 Å². The van der Waals surface area contributed by atoms with Crippen LogP contribution in [0.5, 0.6) is 0 Å². The van der Waals surface area contributed by atoms with Crippen LogP contribution in [0.2, 0.25) is 5.15 Å². The molecule has 0 aliphatic carbocycles. The maximum absolute atomic E-state index is 12.6. The van der Waals surface area contributed by atoms with E-state index in [4.69, 9.17) is 16.7 Å². The van der Waals surface area contributed by atoms with E-state index in [1.807, 2.05) is 5.32 Å². The van der Waals surface area contributed by atoms with Crippen molar-refractivity contribution < 1.29 is 18.7 Å². The first-order valence-electron chi connectivity index (χ1n) is 4.34. The van der Waals surface area contributed by atoms with Gasteiger partial charge in [-0.3, -0.25) is 4.79 Å². The average Bonchev–Trinajstić information content (AvgIpc) is 2.26. The van der Waals surface area contributed by atoms with Crippen molar-refractivity contribution in [3.05, 3.63) is 29.0 Å². The van der Waals surface area contributed by atoms with Gasteiger partial charge in [0.05, 0.1) is 6.54 Å². The number of hydrogen-bond acceptors (Lipinski definition) is 3. The molecule has 1 amide bonds. The van der Waals surface area contributed by atoms with Crippen LogP contribution in [0.3, 0.4) is 0 Å². The third-order valence-corrected chi connectivity index (χ3v) is 1.90. The normalized spacial score (nSPS) is 11.2. The summed E-state index contributed by atoms with van der Waals surface area (Å²) in [7, 11) is 0. The van der Waals surface area contributed by atoms with Crippen LogP contribution in [0.1, 0.15) is 10.5 Å². The minimum absolute atomic E-state index is 0.0544. The maximum atomic E-state index is 12.6. The van der Waals surface area contributed by atoms with Crippen LogP contribution in [0.25, 0.3) is 0 Å². The summed E-state index contributed by atoms with van der Waals surface area (Å²) in [6, 6.07) is 4.29. The zero-order valence-electron chi connectivity index (χ0n) is 8.08. The quantitative estimate of drug-likeness (QED) is 0.787. The molecule has 0 aromatic carbocycles. The summed E-state index contributed by atoms with van der Waals surface area (Å²) in [5, 5.41) is 10.3. The fraction of sp³-hybridized carbons (Fsp3) is 0.333. The van der Waals surface area contributed by atoms with E-state index in [1.54, 1.807) is 0 Å². The van der Waals surface area contributed by atoms with Crippen LogP contribution < -0.4 is 5.32 Å². The number of nitrogens with one attached hydrogen (secondary N) is 1.